The first-order valence-corrected chi connectivity index (χ1v) is 10.5. The third-order valence-corrected chi connectivity index (χ3v) is 5.36. The molecule has 1 unspecified atom stereocenters. The molecule has 0 amide bonds. The predicted molar refractivity (Wildman–Crippen MR) is 124 cm³/mol. The maximum absolute atomic E-state index is 12.2. The van der Waals surface area contributed by atoms with Crippen molar-refractivity contribution < 1.29 is 29.6 Å². The van der Waals surface area contributed by atoms with Crippen molar-refractivity contribution in [2.24, 2.45) is 0 Å². The molecular weight excluding hydrogens is 410 g/mol. The highest BCUT2D eigenvalue weighted by molar-refractivity contribution is 5.76. The zero-order valence-corrected chi connectivity index (χ0v) is 20.2. The average molecular weight is 446 g/mol. The minimum absolute atomic E-state index is 0.0924. The van der Waals surface area contributed by atoms with Gasteiger partial charge < -0.3 is 24.8 Å². The topological polar surface area (TPSA) is 108 Å². The third-order valence-electron chi connectivity index (χ3n) is 5.36. The van der Waals surface area contributed by atoms with Gasteiger partial charge in [0.1, 0.15) is 11.8 Å². The largest absolute Gasteiger partial charge is 0.507 e. The molecule has 0 bridgehead atoms. The minimum Gasteiger partial charge on any atom is -0.507 e. The Labute approximate surface area is 190 Å². The first-order valence-electron chi connectivity index (χ1n) is 10.5. The summed E-state index contributed by atoms with van der Waals surface area (Å²) in [6.45, 7) is 12.0. The van der Waals surface area contributed by atoms with E-state index in [9.17, 15) is 20.1 Å². The number of benzene rings is 2. The Balaban J connectivity index is 2.50. The number of ether oxygens (including phenoxy) is 2. The van der Waals surface area contributed by atoms with Crippen LogP contribution in [0.1, 0.15) is 69.8 Å². The van der Waals surface area contributed by atoms with Crippen LogP contribution in [0, 0.1) is 0 Å². The number of nitrogens with one attached hydrogen (secondary N) is 1. The van der Waals surface area contributed by atoms with Gasteiger partial charge in [-0.05, 0) is 57.3 Å². The quantitative estimate of drug-likeness (QED) is 0.492. The third kappa shape index (κ3) is 5.46. The second-order valence-corrected chi connectivity index (χ2v) is 9.97. The molecule has 0 saturated heterocycles. The summed E-state index contributed by atoms with van der Waals surface area (Å²) in [4.78, 5) is 12.2. The van der Waals surface area contributed by atoms with Crippen LogP contribution < -0.4 is 14.8 Å². The van der Waals surface area contributed by atoms with Crippen LogP contribution in [0.4, 0.5) is 0 Å². The summed E-state index contributed by atoms with van der Waals surface area (Å²) in [6, 6.07) is 5.67. The zero-order valence-electron chi connectivity index (χ0n) is 20.2. The molecule has 2 aromatic rings. The molecule has 176 valence electrons. The van der Waals surface area contributed by atoms with Gasteiger partial charge >= 0.3 is 5.97 Å². The number of phenolic OH excluding ortho intramolecular Hbond substituents is 2. The van der Waals surface area contributed by atoms with Crippen molar-refractivity contribution in [3.05, 3.63) is 46.5 Å². The number of rotatable bonds is 7. The van der Waals surface area contributed by atoms with E-state index in [4.69, 9.17) is 9.47 Å². The molecule has 0 aliphatic rings. The van der Waals surface area contributed by atoms with Crippen LogP contribution in [0.3, 0.4) is 0 Å². The van der Waals surface area contributed by atoms with Crippen molar-refractivity contribution in [1.29, 1.82) is 0 Å². The first-order chi connectivity index (χ1) is 14.7. The number of carbonyl (C=O) groups is 1. The number of hydrogen-bond acceptors (Lipinski definition) is 6. The first kappa shape index (κ1) is 25.3. The van der Waals surface area contributed by atoms with E-state index in [1.165, 1.54) is 20.3 Å². The highest BCUT2D eigenvalue weighted by Gasteiger charge is 2.30. The van der Waals surface area contributed by atoms with Crippen LogP contribution >= 0.6 is 0 Å². The van der Waals surface area contributed by atoms with Crippen LogP contribution in [0.2, 0.25) is 0 Å². The second-order valence-electron chi connectivity index (χ2n) is 9.97. The molecule has 0 saturated carbocycles. The summed E-state index contributed by atoms with van der Waals surface area (Å²) in [5, 5.41) is 34.2. The van der Waals surface area contributed by atoms with E-state index < -0.39 is 12.0 Å². The molecule has 2 rings (SSSR count). The van der Waals surface area contributed by atoms with Crippen molar-refractivity contribution in [3.8, 4) is 23.0 Å². The van der Waals surface area contributed by atoms with Gasteiger partial charge in [0.05, 0.1) is 14.2 Å². The maximum atomic E-state index is 12.2. The highest BCUT2D eigenvalue weighted by atomic mass is 16.5. The summed E-state index contributed by atoms with van der Waals surface area (Å²) in [5.74, 6) is -0.368. The van der Waals surface area contributed by atoms with Crippen LogP contribution in [0.25, 0.3) is 0 Å². The zero-order chi connectivity index (χ0) is 24.4. The van der Waals surface area contributed by atoms with E-state index in [0.29, 0.717) is 28.0 Å². The second kappa shape index (κ2) is 9.28. The van der Waals surface area contributed by atoms with Crippen LogP contribution in [0.5, 0.6) is 23.0 Å². The van der Waals surface area contributed by atoms with Gasteiger partial charge in [-0.1, -0.05) is 41.5 Å². The Hall–Kier alpha value is -2.93. The lowest BCUT2D eigenvalue weighted by molar-refractivity contribution is -0.139. The molecule has 0 radical (unpaired) electrons. The van der Waals surface area contributed by atoms with Crippen molar-refractivity contribution in [2.75, 3.05) is 14.2 Å². The normalized spacial score (nSPS) is 13.0. The maximum Gasteiger partial charge on any atom is 0.325 e. The molecular formula is C25H35NO6. The lowest BCUT2D eigenvalue weighted by atomic mass is 9.77. The van der Waals surface area contributed by atoms with Crippen molar-refractivity contribution >= 4 is 5.97 Å². The van der Waals surface area contributed by atoms with E-state index in [2.05, 4.69) is 5.32 Å². The van der Waals surface area contributed by atoms with Crippen molar-refractivity contribution in [1.82, 2.24) is 5.32 Å². The molecule has 0 aliphatic carbocycles. The minimum atomic E-state index is -1.04. The van der Waals surface area contributed by atoms with Gasteiger partial charge in [-0.25, -0.2) is 0 Å². The summed E-state index contributed by atoms with van der Waals surface area (Å²) >= 11 is 0. The van der Waals surface area contributed by atoms with Gasteiger partial charge in [-0.15, -0.1) is 0 Å². The standard InChI is InChI=1S/C25H35NO6/c1-24(2,3)16-11-15(12-17(21(16)28)25(4,5)6)20(23(29)30)26-13-14-9-18(27)22(32-8)19(10-14)31-7/h9-12,20,26-28H,13H2,1-8H3,(H,29,30). The van der Waals surface area contributed by atoms with E-state index in [-0.39, 0.29) is 34.6 Å². The van der Waals surface area contributed by atoms with Gasteiger partial charge in [0, 0.05) is 6.54 Å². The van der Waals surface area contributed by atoms with Crippen LogP contribution in [-0.2, 0) is 22.2 Å². The Bertz CT molecular complexity index is 950. The Morgan fingerprint density at radius 3 is 1.88 bits per heavy atom. The summed E-state index contributed by atoms with van der Waals surface area (Å²) in [7, 11) is 2.90. The molecule has 4 N–H and O–H groups in total. The number of phenols is 2. The molecule has 0 heterocycles. The monoisotopic (exact) mass is 445 g/mol. The molecule has 7 heteroatoms. The van der Waals surface area contributed by atoms with Crippen LogP contribution in [0.15, 0.2) is 24.3 Å². The summed E-state index contributed by atoms with van der Waals surface area (Å²) in [5.41, 5.74) is 1.82. The molecule has 2 aromatic carbocycles. The Kier molecular flexibility index (Phi) is 7.35. The lowest BCUT2D eigenvalue weighted by Gasteiger charge is -2.29. The smallest absolute Gasteiger partial charge is 0.325 e. The number of carboxylic acids is 1. The Morgan fingerprint density at radius 2 is 1.47 bits per heavy atom. The van der Waals surface area contributed by atoms with Gasteiger partial charge in [0.25, 0.3) is 0 Å². The fourth-order valence-electron chi connectivity index (χ4n) is 3.64. The average Bonchev–Trinajstić information content (AvgIpc) is 2.66. The number of methoxy groups -OCH3 is 2. The molecule has 7 nitrogen and oxygen atoms in total. The number of carboxylic acid groups (broad SMARTS) is 1. The number of hydrogen-bond donors (Lipinski definition) is 4. The molecule has 0 spiro atoms. The number of aliphatic carboxylic acids is 1. The van der Waals surface area contributed by atoms with E-state index in [1.54, 1.807) is 18.2 Å². The fraction of sp³-hybridized carbons (Fsp3) is 0.480. The molecule has 1 atom stereocenters. The van der Waals surface area contributed by atoms with E-state index in [0.717, 1.165) is 0 Å². The SMILES string of the molecule is COc1cc(CNC(C(=O)O)c2cc(C(C)(C)C)c(O)c(C(C)(C)C)c2)cc(O)c1OC. The van der Waals surface area contributed by atoms with Gasteiger partial charge in [-0.3, -0.25) is 10.1 Å². The lowest BCUT2D eigenvalue weighted by Crippen LogP contribution is -2.29. The van der Waals surface area contributed by atoms with Crippen molar-refractivity contribution in [2.45, 2.75) is 65.0 Å². The fourth-order valence-corrected chi connectivity index (χ4v) is 3.64. The van der Waals surface area contributed by atoms with Gasteiger partial charge in [0.2, 0.25) is 5.75 Å². The van der Waals surface area contributed by atoms with Gasteiger partial charge in [-0.2, -0.15) is 0 Å². The summed E-state index contributed by atoms with van der Waals surface area (Å²) < 4.78 is 10.4. The predicted octanol–water partition coefficient (Wildman–Crippen LogP) is 4.63. The highest BCUT2D eigenvalue weighted by Crippen LogP contribution is 2.41. The molecule has 0 aromatic heterocycles. The van der Waals surface area contributed by atoms with E-state index in [1.807, 2.05) is 41.5 Å². The van der Waals surface area contributed by atoms with E-state index >= 15 is 0 Å². The summed E-state index contributed by atoms with van der Waals surface area (Å²) in [6.07, 6.45) is 0. The Morgan fingerprint density at radius 1 is 0.938 bits per heavy atom. The van der Waals surface area contributed by atoms with Gasteiger partial charge in [0.15, 0.2) is 11.5 Å². The number of aromatic hydroxyl groups is 2. The molecule has 0 fully saturated rings. The molecule has 0 aliphatic heterocycles. The molecule has 32 heavy (non-hydrogen) atoms. The van der Waals surface area contributed by atoms with Crippen molar-refractivity contribution in [3.63, 3.8) is 0 Å². The van der Waals surface area contributed by atoms with Crippen LogP contribution in [-0.4, -0.2) is 35.5 Å².